The predicted molar refractivity (Wildman–Crippen MR) is 136 cm³/mol. The van der Waals surface area contributed by atoms with E-state index in [9.17, 15) is 4.79 Å². The standard InChI is InChI=1S/C28H42N2O/c1-5-9-21-29(20-8-4)26-16-12-24(13-17-26)28(31)25-14-18-27(19-15-25)30(22-10-6-2)23-11-7-3/h12-19H,5-11,20-23H2,1-4H3. The van der Waals surface area contributed by atoms with Crippen molar-refractivity contribution in [3.63, 3.8) is 0 Å². The molecule has 0 aliphatic carbocycles. The van der Waals surface area contributed by atoms with Crippen LogP contribution in [0.3, 0.4) is 0 Å². The Labute approximate surface area is 190 Å². The Morgan fingerprint density at radius 2 is 0.903 bits per heavy atom. The summed E-state index contributed by atoms with van der Waals surface area (Å²) >= 11 is 0. The summed E-state index contributed by atoms with van der Waals surface area (Å²) in [5.41, 5.74) is 3.96. The van der Waals surface area contributed by atoms with Gasteiger partial charge in [0, 0.05) is 48.7 Å². The van der Waals surface area contributed by atoms with Gasteiger partial charge in [-0.05, 0) is 74.2 Å². The van der Waals surface area contributed by atoms with Crippen molar-refractivity contribution in [1.82, 2.24) is 0 Å². The van der Waals surface area contributed by atoms with E-state index in [1.54, 1.807) is 0 Å². The Balaban J connectivity index is 2.09. The van der Waals surface area contributed by atoms with Gasteiger partial charge in [-0.2, -0.15) is 0 Å². The second-order valence-electron chi connectivity index (χ2n) is 8.46. The lowest BCUT2D eigenvalue weighted by Gasteiger charge is -2.25. The molecule has 0 aliphatic rings. The van der Waals surface area contributed by atoms with E-state index < -0.39 is 0 Å². The minimum Gasteiger partial charge on any atom is -0.372 e. The number of hydrogen-bond acceptors (Lipinski definition) is 3. The van der Waals surface area contributed by atoms with Gasteiger partial charge in [0.2, 0.25) is 0 Å². The summed E-state index contributed by atoms with van der Waals surface area (Å²) in [5, 5.41) is 0. The first-order valence-corrected chi connectivity index (χ1v) is 12.4. The molecule has 0 spiro atoms. The van der Waals surface area contributed by atoms with Crippen LogP contribution < -0.4 is 9.80 Å². The Morgan fingerprint density at radius 1 is 0.548 bits per heavy atom. The van der Waals surface area contributed by atoms with Crippen molar-refractivity contribution in [1.29, 1.82) is 0 Å². The van der Waals surface area contributed by atoms with E-state index in [-0.39, 0.29) is 5.78 Å². The Kier molecular flexibility index (Phi) is 11.2. The maximum Gasteiger partial charge on any atom is 0.193 e. The summed E-state index contributed by atoms with van der Waals surface area (Å²) in [7, 11) is 0. The summed E-state index contributed by atoms with van der Waals surface area (Å²) in [6.45, 7) is 13.2. The maximum absolute atomic E-state index is 13.0. The lowest BCUT2D eigenvalue weighted by molar-refractivity contribution is 0.103. The lowest BCUT2D eigenvalue weighted by Crippen LogP contribution is -2.25. The van der Waals surface area contributed by atoms with E-state index in [2.05, 4.69) is 61.8 Å². The highest BCUT2D eigenvalue weighted by molar-refractivity contribution is 6.09. The van der Waals surface area contributed by atoms with E-state index in [0.717, 1.165) is 43.7 Å². The molecule has 3 heteroatoms. The van der Waals surface area contributed by atoms with Crippen molar-refractivity contribution in [2.75, 3.05) is 36.0 Å². The number of unbranched alkanes of at least 4 members (excludes halogenated alkanes) is 3. The van der Waals surface area contributed by atoms with Gasteiger partial charge in [-0.3, -0.25) is 4.79 Å². The molecule has 3 nitrogen and oxygen atoms in total. The minimum atomic E-state index is 0.0994. The number of hydrogen-bond donors (Lipinski definition) is 0. The van der Waals surface area contributed by atoms with Crippen LogP contribution >= 0.6 is 0 Å². The summed E-state index contributed by atoms with van der Waals surface area (Å²) < 4.78 is 0. The van der Waals surface area contributed by atoms with E-state index >= 15 is 0 Å². The third-order valence-corrected chi connectivity index (χ3v) is 5.83. The Morgan fingerprint density at radius 3 is 1.23 bits per heavy atom. The molecule has 0 aromatic heterocycles. The number of benzene rings is 2. The zero-order valence-electron chi connectivity index (χ0n) is 20.2. The maximum atomic E-state index is 13.0. The van der Waals surface area contributed by atoms with Crippen LogP contribution in [0.25, 0.3) is 0 Å². The molecule has 0 unspecified atom stereocenters. The van der Waals surface area contributed by atoms with E-state index in [0.29, 0.717) is 0 Å². The highest BCUT2D eigenvalue weighted by atomic mass is 16.1. The SMILES string of the molecule is CCCCN(CCC)c1ccc(C(=O)c2ccc(N(CCCC)CCCC)cc2)cc1. The molecule has 0 heterocycles. The van der Waals surface area contributed by atoms with Crippen molar-refractivity contribution in [3.05, 3.63) is 59.7 Å². The average Bonchev–Trinajstić information content (AvgIpc) is 2.82. The molecule has 0 fully saturated rings. The van der Waals surface area contributed by atoms with Crippen LogP contribution in [-0.4, -0.2) is 32.0 Å². The van der Waals surface area contributed by atoms with Gasteiger partial charge in [0.25, 0.3) is 0 Å². The largest absolute Gasteiger partial charge is 0.372 e. The molecule has 170 valence electrons. The topological polar surface area (TPSA) is 23.6 Å². The van der Waals surface area contributed by atoms with Gasteiger partial charge in [0.15, 0.2) is 5.78 Å². The number of anilines is 2. The second-order valence-corrected chi connectivity index (χ2v) is 8.46. The van der Waals surface area contributed by atoms with Crippen molar-refractivity contribution >= 4 is 17.2 Å². The highest BCUT2D eigenvalue weighted by Crippen LogP contribution is 2.21. The molecule has 0 radical (unpaired) electrons. The average molecular weight is 423 g/mol. The van der Waals surface area contributed by atoms with Crippen LogP contribution in [0.1, 0.15) is 88.6 Å². The molecule has 0 N–H and O–H groups in total. The summed E-state index contributed by atoms with van der Waals surface area (Å²) in [6.07, 6.45) is 8.31. The zero-order valence-corrected chi connectivity index (χ0v) is 20.2. The monoisotopic (exact) mass is 422 g/mol. The predicted octanol–water partition coefficient (Wildman–Crippen LogP) is 7.34. The van der Waals surface area contributed by atoms with Crippen molar-refractivity contribution in [3.8, 4) is 0 Å². The summed E-state index contributed by atoms with van der Waals surface area (Å²) in [4.78, 5) is 17.9. The first-order chi connectivity index (χ1) is 15.1. The van der Waals surface area contributed by atoms with Crippen LogP contribution in [0.15, 0.2) is 48.5 Å². The van der Waals surface area contributed by atoms with E-state index in [1.807, 2.05) is 24.3 Å². The molecule has 0 bridgehead atoms. The molecular formula is C28H42N2O. The number of ketones is 1. The van der Waals surface area contributed by atoms with Gasteiger partial charge < -0.3 is 9.80 Å². The van der Waals surface area contributed by atoms with Gasteiger partial charge in [0.05, 0.1) is 0 Å². The van der Waals surface area contributed by atoms with Gasteiger partial charge in [0.1, 0.15) is 0 Å². The zero-order chi connectivity index (χ0) is 22.5. The first-order valence-electron chi connectivity index (χ1n) is 12.4. The van der Waals surface area contributed by atoms with Gasteiger partial charge in [-0.1, -0.05) is 47.0 Å². The minimum absolute atomic E-state index is 0.0994. The van der Waals surface area contributed by atoms with Crippen LogP contribution in [0.4, 0.5) is 11.4 Å². The smallest absolute Gasteiger partial charge is 0.193 e. The highest BCUT2D eigenvalue weighted by Gasteiger charge is 2.12. The quantitative estimate of drug-likeness (QED) is 0.280. The normalized spacial score (nSPS) is 10.8. The summed E-state index contributed by atoms with van der Waals surface area (Å²) in [5.74, 6) is 0.0994. The summed E-state index contributed by atoms with van der Waals surface area (Å²) in [6, 6.07) is 16.4. The Hall–Kier alpha value is -2.29. The third kappa shape index (κ3) is 7.72. The molecule has 2 rings (SSSR count). The number of carbonyl (C=O) groups excluding carboxylic acids is 1. The molecule has 0 aliphatic heterocycles. The molecule has 0 saturated carbocycles. The molecule has 0 saturated heterocycles. The molecule has 2 aromatic rings. The molecule has 2 aromatic carbocycles. The number of rotatable bonds is 15. The van der Waals surface area contributed by atoms with Crippen LogP contribution in [0.2, 0.25) is 0 Å². The fourth-order valence-corrected chi connectivity index (χ4v) is 3.87. The molecular weight excluding hydrogens is 380 g/mol. The van der Waals surface area contributed by atoms with E-state index in [1.165, 1.54) is 49.9 Å². The van der Waals surface area contributed by atoms with Crippen molar-refractivity contribution < 1.29 is 4.79 Å². The number of carbonyl (C=O) groups is 1. The molecule has 0 amide bonds. The van der Waals surface area contributed by atoms with Gasteiger partial charge >= 0.3 is 0 Å². The fourth-order valence-electron chi connectivity index (χ4n) is 3.87. The lowest BCUT2D eigenvalue weighted by atomic mass is 10.0. The molecule has 31 heavy (non-hydrogen) atoms. The van der Waals surface area contributed by atoms with Gasteiger partial charge in [-0.25, -0.2) is 0 Å². The van der Waals surface area contributed by atoms with Crippen LogP contribution in [0.5, 0.6) is 0 Å². The van der Waals surface area contributed by atoms with Crippen LogP contribution in [-0.2, 0) is 0 Å². The van der Waals surface area contributed by atoms with E-state index in [4.69, 9.17) is 0 Å². The van der Waals surface area contributed by atoms with Crippen LogP contribution in [0, 0.1) is 0 Å². The van der Waals surface area contributed by atoms with Gasteiger partial charge in [-0.15, -0.1) is 0 Å². The molecule has 0 atom stereocenters. The second kappa shape index (κ2) is 13.9. The van der Waals surface area contributed by atoms with Crippen molar-refractivity contribution in [2.24, 2.45) is 0 Å². The third-order valence-electron chi connectivity index (χ3n) is 5.83. The van der Waals surface area contributed by atoms with Crippen molar-refractivity contribution in [2.45, 2.75) is 72.6 Å². The first kappa shape index (κ1) is 25.0. The fraction of sp³-hybridized carbons (Fsp3) is 0.536. The number of nitrogens with zero attached hydrogens (tertiary/aromatic N) is 2. The Bertz CT molecular complexity index is 744.